The van der Waals surface area contributed by atoms with E-state index in [1.54, 1.807) is 0 Å². The van der Waals surface area contributed by atoms with Gasteiger partial charge in [0, 0.05) is 0 Å². The molecule has 1 atom stereocenters. The third kappa shape index (κ3) is 4.35. The Bertz CT molecular complexity index is 660. The number of halogens is 6. The van der Waals surface area contributed by atoms with Crippen molar-refractivity contribution in [1.82, 2.24) is 4.90 Å². The van der Waals surface area contributed by atoms with Gasteiger partial charge in [0.2, 0.25) is 6.29 Å². The van der Waals surface area contributed by atoms with Gasteiger partial charge in [0.05, 0.1) is 5.56 Å². The second-order valence-electron chi connectivity index (χ2n) is 4.71. The summed E-state index contributed by atoms with van der Waals surface area (Å²) in [6, 6.07) is 1.63. The van der Waals surface area contributed by atoms with Crippen molar-refractivity contribution in [2.24, 2.45) is 0 Å². The minimum absolute atomic E-state index is 0.224. The first-order valence-corrected chi connectivity index (χ1v) is 7.63. The quantitative estimate of drug-likeness (QED) is 0.457. The Balaban J connectivity index is 2.26. The number of hydrogen-bond donors (Lipinski definition) is 0. The van der Waals surface area contributed by atoms with Gasteiger partial charge in [-0.3, -0.25) is 9.32 Å². The molecule has 1 aliphatic rings. The van der Waals surface area contributed by atoms with E-state index < -0.39 is 49.5 Å². The molecule has 12 heteroatoms. The van der Waals surface area contributed by atoms with E-state index in [4.69, 9.17) is 0 Å². The van der Waals surface area contributed by atoms with Crippen LogP contribution in [0.5, 0.6) is 5.75 Å². The molecule has 24 heavy (non-hydrogen) atoms. The summed E-state index contributed by atoms with van der Waals surface area (Å²) < 4.78 is 98.2. The number of carbonyl (C=O) groups is 1. The molecule has 132 valence electrons. The highest BCUT2D eigenvalue weighted by molar-refractivity contribution is 7.39. The Hall–Kier alpha value is -1.87. The topological polar surface area (TPSA) is 55.8 Å². The average molecular weight is 376 g/mol. The zero-order valence-corrected chi connectivity index (χ0v) is 12.5. The van der Waals surface area contributed by atoms with Crippen LogP contribution in [0, 0.1) is 0 Å². The lowest BCUT2D eigenvalue weighted by molar-refractivity contribution is -0.162. The van der Waals surface area contributed by atoms with Crippen molar-refractivity contribution in [3.8, 4) is 5.75 Å². The third-order valence-corrected chi connectivity index (χ3v) is 3.92. The van der Waals surface area contributed by atoms with Crippen LogP contribution in [0.15, 0.2) is 18.2 Å². The number of ether oxygens (including phenoxy) is 1. The third-order valence-electron chi connectivity index (χ3n) is 2.89. The Morgan fingerprint density at radius 3 is 2.33 bits per heavy atom. The van der Waals surface area contributed by atoms with Crippen LogP contribution in [-0.2, 0) is 26.4 Å². The molecule has 1 aromatic rings. The standard InChI is InChI=1S/C12H9F6NO4P/c13-11(14,15)7-2-1-3-8(10(7)12(16,17)18)23-24(21)6-19-4-9(20)22-5-19/h1-3H,4-6H2/q+1. The Morgan fingerprint density at radius 1 is 1.17 bits per heavy atom. The van der Waals surface area contributed by atoms with Crippen LogP contribution in [0.1, 0.15) is 11.1 Å². The predicted molar refractivity (Wildman–Crippen MR) is 67.2 cm³/mol. The van der Waals surface area contributed by atoms with E-state index in [2.05, 4.69) is 9.26 Å². The molecule has 0 radical (unpaired) electrons. The van der Waals surface area contributed by atoms with Gasteiger partial charge in [-0.2, -0.15) is 26.3 Å². The van der Waals surface area contributed by atoms with Gasteiger partial charge in [-0.25, -0.2) is 4.90 Å². The number of nitrogens with zero attached hydrogens (tertiary/aromatic N) is 1. The molecule has 1 aromatic carbocycles. The summed E-state index contributed by atoms with van der Waals surface area (Å²) in [4.78, 5) is 12.0. The highest BCUT2D eigenvalue weighted by atomic mass is 31.1. The molecule has 0 aliphatic carbocycles. The van der Waals surface area contributed by atoms with Gasteiger partial charge in [-0.05, 0) is 16.7 Å². The van der Waals surface area contributed by atoms with Crippen molar-refractivity contribution in [3.63, 3.8) is 0 Å². The minimum atomic E-state index is -5.36. The van der Waals surface area contributed by atoms with Gasteiger partial charge in [-0.15, -0.1) is 0 Å². The molecule has 0 spiro atoms. The van der Waals surface area contributed by atoms with Gasteiger partial charge < -0.3 is 4.74 Å². The van der Waals surface area contributed by atoms with Crippen LogP contribution >= 0.6 is 8.03 Å². The van der Waals surface area contributed by atoms with Crippen LogP contribution in [0.3, 0.4) is 0 Å². The van der Waals surface area contributed by atoms with Crippen molar-refractivity contribution >= 4 is 14.0 Å². The molecule has 1 unspecified atom stereocenters. The Kier molecular flexibility index (Phi) is 5.05. The normalized spacial score (nSPS) is 16.9. The lowest BCUT2D eigenvalue weighted by atomic mass is 10.1. The number of carbonyl (C=O) groups excluding carboxylic acids is 1. The first-order valence-electron chi connectivity index (χ1n) is 6.26. The predicted octanol–water partition coefficient (Wildman–Crippen LogP) is 3.62. The summed E-state index contributed by atoms with van der Waals surface area (Å²) in [7, 11) is -2.82. The largest absolute Gasteiger partial charge is 0.572 e. The van der Waals surface area contributed by atoms with E-state index in [0.717, 1.165) is 6.07 Å². The minimum Gasteiger partial charge on any atom is -0.448 e. The van der Waals surface area contributed by atoms with Gasteiger partial charge in [-0.1, -0.05) is 6.07 Å². The van der Waals surface area contributed by atoms with Crippen molar-refractivity contribution in [2.75, 3.05) is 19.6 Å². The molecule has 1 heterocycles. The second-order valence-corrected chi connectivity index (χ2v) is 5.84. The molecule has 0 bridgehead atoms. The maximum absolute atomic E-state index is 13.0. The van der Waals surface area contributed by atoms with E-state index in [9.17, 15) is 35.7 Å². The summed E-state index contributed by atoms with van der Waals surface area (Å²) in [5, 5.41) is 0. The molecule has 1 aliphatic heterocycles. The molecule has 0 amide bonds. The van der Waals surface area contributed by atoms with Gasteiger partial charge in [0.25, 0.3) is 0 Å². The zero-order valence-electron chi connectivity index (χ0n) is 11.6. The summed E-state index contributed by atoms with van der Waals surface area (Å²) in [6.07, 6.45) is -11.1. The fraction of sp³-hybridized carbons (Fsp3) is 0.417. The first-order chi connectivity index (χ1) is 11.0. The summed E-state index contributed by atoms with van der Waals surface area (Å²) in [5.41, 5.74) is -3.98. The summed E-state index contributed by atoms with van der Waals surface area (Å²) in [5.74, 6) is -1.81. The Labute approximate surface area is 132 Å². The van der Waals surface area contributed by atoms with Crippen LogP contribution in [0.4, 0.5) is 26.3 Å². The molecular weight excluding hydrogens is 367 g/mol. The molecule has 5 nitrogen and oxygen atoms in total. The molecule has 2 rings (SSSR count). The smallest absolute Gasteiger partial charge is 0.448 e. The highest BCUT2D eigenvalue weighted by Crippen LogP contribution is 2.46. The van der Waals surface area contributed by atoms with Crippen LogP contribution in [0.25, 0.3) is 0 Å². The highest BCUT2D eigenvalue weighted by Gasteiger charge is 2.47. The number of rotatable bonds is 4. The van der Waals surface area contributed by atoms with E-state index in [-0.39, 0.29) is 19.3 Å². The summed E-state index contributed by atoms with van der Waals surface area (Å²) >= 11 is 0. The second kappa shape index (κ2) is 6.56. The lowest BCUT2D eigenvalue weighted by Crippen LogP contribution is -2.21. The van der Waals surface area contributed by atoms with Crippen LogP contribution in [0.2, 0.25) is 0 Å². The number of esters is 1. The van der Waals surface area contributed by atoms with E-state index in [0.29, 0.717) is 6.07 Å². The number of benzene rings is 1. The van der Waals surface area contributed by atoms with Crippen molar-refractivity contribution in [1.29, 1.82) is 0 Å². The summed E-state index contributed by atoms with van der Waals surface area (Å²) in [6.45, 7) is -0.461. The molecule has 0 aromatic heterocycles. The number of hydrogen-bond acceptors (Lipinski definition) is 5. The van der Waals surface area contributed by atoms with Gasteiger partial charge in [0.1, 0.15) is 18.8 Å². The SMILES string of the molecule is O=C1CN(C[P+](=O)Oc2cccc(C(F)(F)F)c2C(F)(F)F)CO1. The van der Waals surface area contributed by atoms with Crippen LogP contribution < -0.4 is 4.52 Å². The fourth-order valence-electron chi connectivity index (χ4n) is 1.97. The van der Waals surface area contributed by atoms with Crippen molar-refractivity contribution in [3.05, 3.63) is 29.3 Å². The van der Waals surface area contributed by atoms with E-state index in [1.165, 1.54) is 4.90 Å². The Morgan fingerprint density at radius 2 is 1.83 bits per heavy atom. The zero-order chi connectivity index (χ0) is 18.1. The van der Waals surface area contributed by atoms with E-state index in [1.807, 2.05) is 0 Å². The van der Waals surface area contributed by atoms with E-state index >= 15 is 0 Å². The average Bonchev–Trinajstić information content (AvgIpc) is 2.81. The van der Waals surface area contributed by atoms with Gasteiger partial charge >= 0.3 is 26.3 Å². The first kappa shape index (κ1) is 18.5. The van der Waals surface area contributed by atoms with Crippen LogP contribution in [-0.4, -0.2) is 30.4 Å². The van der Waals surface area contributed by atoms with Gasteiger partial charge in [0.15, 0.2) is 5.75 Å². The maximum atomic E-state index is 13.0. The number of alkyl halides is 6. The maximum Gasteiger partial charge on any atom is 0.572 e. The molecule has 0 saturated carbocycles. The molecular formula is C12H9F6NO4P+. The lowest BCUT2D eigenvalue weighted by Gasteiger charge is -2.16. The van der Waals surface area contributed by atoms with Crippen molar-refractivity contribution in [2.45, 2.75) is 12.4 Å². The molecule has 1 saturated heterocycles. The number of cyclic esters (lactones) is 1. The molecule has 0 N–H and O–H groups in total. The van der Waals surface area contributed by atoms with Crippen molar-refractivity contribution < 1.29 is 45.0 Å². The fourth-order valence-corrected chi connectivity index (χ4v) is 2.90. The molecule has 1 fully saturated rings. The monoisotopic (exact) mass is 376 g/mol.